The van der Waals surface area contributed by atoms with Gasteiger partial charge in [-0.2, -0.15) is 4.98 Å². The minimum Gasteiger partial charge on any atom is -0.481 e. The Hall–Kier alpha value is -2.31. The number of nitrogens with zero attached hydrogens (tertiary/aromatic N) is 4. The Morgan fingerprint density at radius 1 is 1.42 bits per heavy atom. The first-order valence-electron chi connectivity index (χ1n) is 6.00. The summed E-state index contributed by atoms with van der Waals surface area (Å²) in [5, 5.41) is 3.86. The Kier molecular flexibility index (Phi) is 2.94. The molecule has 7 heteroatoms. The number of hydrogen-bond donors (Lipinski definition) is 0. The van der Waals surface area contributed by atoms with Crippen molar-refractivity contribution in [2.75, 3.05) is 7.11 Å². The van der Waals surface area contributed by atoms with Crippen LogP contribution in [0.4, 0.5) is 0 Å². The SMILES string of the molecule is COc1cc(-c2noc(C3CCCC3=O)n2)ncn1. The molecule has 3 rings (SSSR count). The number of Topliss-reactive ketones (excluding diaryl/α,β-unsaturated/α-hetero) is 1. The van der Waals surface area contributed by atoms with Gasteiger partial charge in [0.05, 0.1) is 13.0 Å². The van der Waals surface area contributed by atoms with Crippen molar-refractivity contribution in [1.82, 2.24) is 20.1 Å². The minimum absolute atomic E-state index is 0.162. The molecule has 7 nitrogen and oxygen atoms in total. The summed E-state index contributed by atoms with van der Waals surface area (Å²) in [5.41, 5.74) is 0.507. The first kappa shape index (κ1) is 11.8. The molecule has 0 radical (unpaired) electrons. The van der Waals surface area contributed by atoms with Crippen molar-refractivity contribution in [3.8, 4) is 17.4 Å². The molecule has 0 saturated heterocycles. The van der Waals surface area contributed by atoms with Gasteiger partial charge in [0.15, 0.2) is 0 Å². The van der Waals surface area contributed by atoms with E-state index in [2.05, 4.69) is 20.1 Å². The Morgan fingerprint density at radius 2 is 2.32 bits per heavy atom. The number of ketones is 1. The highest BCUT2D eigenvalue weighted by molar-refractivity contribution is 5.86. The molecule has 19 heavy (non-hydrogen) atoms. The second-order valence-corrected chi connectivity index (χ2v) is 4.31. The highest BCUT2D eigenvalue weighted by atomic mass is 16.5. The third-order valence-electron chi connectivity index (χ3n) is 3.12. The van der Waals surface area contributed by atoms with Crippen LogP contribution in [-0.2, 0) is 4.79 Å². The normalized spacial score (nSPS) is 18.8. The van der Waals surface area contributed by atoms with E-state index in [-0.39, 0.29) is 11.7 Å². The maximum Gasteiger partial charge on any atom is 0.237 e. The largest absolute Gasteiger partial charge is 0.481 e. The van der Waals surface area contributed by atoms with Gasteiger partial charge in [0.25, 0.3) is 0 Å². The van der Waals surface area contributed by atoms with E-state index in [1.54, 1.807) is 6.07 Å². The van der Waals surface area contributed by atoms with Crippen molar-refractivity contribution < 1.29 is 14.1 Å². The Labute approximate surface area is 109 Å². The number of ether oxygens (including phenoxy) is 1. The molecule has 1 atom stereocenters. The molecule has 2 aromatic rings. The van der Waals surface area contributed by atoms with Gasteiger partial charge >= 0.3 is 0 Å². The third-order valence-corrected chi connectivity index (χ3v) is 3.12. The van der Waals surface area contributed by atoms with Crippen molar-refractivity contribution in [3.63, 3.8) is 0 Å². The molecule has 0 aliphatic heterocycles. The Morgan fingerprint density at radius 3 is 3.05 bits per heavy atom. The molecule has 1 unspecified atom stereocenters. The highest BCUT2D eigenvalue weighted by Gasteiger charge is 2.31. The zero-order chi connectivity index (χ0) is 13.2. The molecule has 1 fully saturated rings. The molecule has 2 heterocycles. The molecule has 1 saturated carbocycles. The van der Waals surface area contributed by atoms with Crippen LogP contribution in [0.5, 0.6) is 5.88 Å². The van der Waals surface area contributed by atoms with Crippen LogP contribution in [0.3, 0.4) is 0 Å². The maximum atomic E-state index is 11.6. The molecule has 0 aromatic carbocycles. The summed E-state index contributed by atoms with van der Waals surface area (Å²) >= 11 is 0. The van der Waals surface area contributed by atoms with Crippen LogP contribution in [0.2, 0.25) is 0 Å². The fraction of sp³-hybridized carbons (Fsp3) is 0.417. The smallest absolute Gasteiger partial charge is 0.237 e. The number of aromatic nitrogens is 4. The molecule has 0 spiro atoms. The van der Waals surface area contributed by atoms with E-state index >= 15 is 0 Å². The Balaban J connectivity index is 1.90. The lowest BCUT2D eigenvalue weighted by atomic mass is 10.1. The second-order valence-electron chi connectivity index (χ2n) is 4.31. The fourth-order valence-corrected chi connectivity index (χ4v) is 2.13. The number of methoxy groups -OCH3 is 1. The average Bonchev–Trinajstić information content (AvgIpc) is 3.07. The summed E-state index contributed by atoms with van der Waals surface area (Å²) in [7, 11) is 1.52. The first-order chi connectivity index (χ1) is 9.28. The lowest BCUT2D eigenvalue weighted by Crippen LogP contribution is -2.04. The lowest BCUT2D eigenvalue weighted by Gasteiger charge is -1.99. The van der Waals surface area contributed by atoms with Crippen molar-refractivity contribution in [3.05, 3.63) is 18.3 Å². The summed E-state index contributed by atoms with van der Waals surface area (Å²) in [6, 6.07) is 1.62. The molecule has 0 bridgehead atoms. The number of rotatable bonds is 3. The van der Waals surface area contributed by atoms with Gasteiger partial charge in [0.1, 0.15) is 17.8 Å². The summed E-state index contributed by atoms with van der Waals surface area (Å²) in [4.78, 5) is 23.9. The van der Waals surface area contributed by atoms with Crippen molar-refractivity contribution >= 4 is 5.78 Å². The van der Waals surface area contributed by atoms with E-state index in [9.17, 15) is 4.79 Å². The topological polar surface area (TPSA) is 91.0 Å². The Bertz CT molecular complexity index is 611. The third kappa shape index (κ3) is 2.18. The van der Waals surface area contributed by atoms with Crippen LogP contribution < -0.4 is 4.74 Å². The van der Waals surface area contributed by atoms with Gasteiger partial charge < -0.3 is 9.26 Å². The fourth-order valence-electron chi connectivity index (χ4n) is 2.13. The number of carbonyl (C=O) groups excluding carboxylic acids is 1. The van der Waals surface area contributed by atoms with Gasteiger partial charge in [0, 0.05) is 12.5 Å². The molecule has 1 aliphatic rings. The van der Waals surface area contributed by atoms with Gasteiger partial charge in [-0.05, 0) is 12.8 Å². The second kappa shape index (κ2) is 4.75. The molecule has 2 aromatic heterocycles. The van der Waals surface area contributed by atoms with Crippen LogP contribution in [0.1, 0.15) is 31.1 Å². The molecule has 98 valence electrons. The van der Waals surface area contributed by atoms with E-state index in [0.29, 0.717) is 29.7 Å². The van der Waals surface area contributed by atoms with Gasteiger partial charge in [-0.25, -0.2) is 9.97 Å². The zero-order valence-corrected chi connectivity index (χ0v) is 10.4. The van der Waals surface area contributed by atoms with Gasteiger partial charge in [-0.15, -0.1) is 0 Å². The predicted octanol–water partition coefficient (Wildman–Crippen LogP) is 1.37. The zero-order valence-electron chi connectivity index (χ0n) is 10.4. The highest BCUT2D eigenvalue weighted by Crippen LogP contribution is 2.31. The number of hydrogen-bond acceptors (Lipinski definition) is 7. The molecular formula is C12H12N4O3. The van der Waals surface area contributed by atoms with Crippen molar-refractivity contribution in [2.45, 2.75) is 25.2 Å². The van der Waals surface area contributed by atoms with Gasteiger partial charge in [0.2, 0.25) is 17.6 Å². The summed E-state index contributed by atoms with van der Waals surface area (Å²) in [6.07, 6.45) is 3.60. The summed E-state index contributed by atoms with van der Waals surface area (Å²) in [6.45, 7) is 0. The van der Waals surface area contributed by atoms with Crippen LogP contribution >= 0.6 is 0 Å². The number of carbonyl (C=O) groups is 1. The molecule has 0 amide bonds. The van der Waals surface area contributed by atoms with Gasteiger partial charge in [-0.1, -0.05) is 5.16 Å². The van der Waals surface area contributed by atoms with E-state index in [4.69, 9.17) is 9.26 Å². The van der Waals surface area contributed by atoms with Crippen LogP contribution in [0.15, 0.2) is 16.9 Å². The van der Waals surface area contributed by atoms with E-state index in [0.717, 1.165) is 12.8 Å². The molecular weight excluding hydrogens is 248 g/mol. The molecule has 0 N–H and O–H groups in total. The maximum absolute atomic E-state index is 11.6. The summed E-state index contributed by atoms with van der Waals surface area (Å²) in [5.74, 6) is 1.04. The lowest BCUT2D eigenvalue weighted by molar-refractivity contribution is -0.119. The minimum atomic E-state index is -0.259. The van der Waals surface area contributed by atoms with Crippen molar-refractivity contribution in [2.24, 2.45) is 0 Å². The van der Waals surface area contributed by atoms with E-state index in [1.165, 1.54) is 13.4 Å². The van der Waals surface area contributed by atoms with Crippen LogP contribution in [0, 0.1) is 0 Å². The van der Waals surface area contributed by atoms with Crippen LogP contribution in [0.25, 0.3) is 11.5 Å². The summed E-state index contributed by atoms with van der Waals surface area (Å²) < 4.78 is 10.2. The van der Waals surface area contributed by atoms with Gasteiger partial charge in [-0.3, -0.25) is 4.79 Å². The first-order valence-corrected chi connectivity index (χ1v) is 6.00. The van der Waals surface area contributed by atoms with Crippen molar-refractivity contribution in [1.29, 1.82) is 0 Å². The molecule has 1 aliphatic carbocycles. The predicted molar refractivity (Wildman–Crippen MR) is 63.5 cm³/mol. The van der Waals surface area contributed by atoms with Crippen LogP contribution in [-0.4, -0.2) is 33.0 Å². The standard InChI is InChI=1S/C12H12N4O3/c1-18-10-5-8(13-6-14-10)11-15-12(19-16-11)7-3-2-4-9(7)17/h5-7H,2-4H2,1H3. The average molecular weight is 260 g/mol. The van der Waals surface area contributed by atoms with E-state index in [1.807, 2.05) is 0 Å². The monoisotopic (exact) mass is 260 g/mol. The quantitative estimate of drug-likeness (QED) is 0.822. The van der Waals surface area contributed by atoms with E-state index < -0.39 is 0 Å².